The number of rotatable bonds is 4. The second kappa shape index (κ2) is 7.12. The molecule has 0 spiro atoms. The third kappa shape index (κ3) is 4.34. The van der Waals surface area contributed by atoms with E-state index in [1.807, 2.05) is 24.5 Å². The standard InChI is InChI=1S/C15H13Cl3N2O/c1-2-10-3-5-20(6-4-10)9-15(21)19-14-8-12(17)11(16)7-13(14)18/h3-8H,2,9H2,1H3/p+1. The van der Waals surface area contributed by atoms with Gasteiger partial charge in [-0.25, -0.2) is 0 Å². The highest BCUT2D eigenvalue weighted by Gasteiger charge is 2.13. The van der Waals surface area contributed by atoms with Crippen LogP contribution in [0.25, 0.3) is 0 Å². The molecule has 1 heterocycles. The molecule has 1 aromatic carbocycles. The summed E-state index contributed by atoms with van der Waals surface area (Å²) in [7, 11) is 0. The van der Waals surface area contributed by atoms with E-state index in [0.29, 0.717) is 20.8 Å². The van der Waals surface area contributed by atoms with E-state index in [0.717, 1.165) is 6.42 Å². The van der Waals surface area contributed by atoms with Crippen LogP contribution in [0.3, 0.4) is 0 Å². The zero-order chi connectivity index (χ0) is 15.4. The minimum atomic E-state index is -0.190. The van der Waals surface area contributed by atoms with Gasteiger partial charge in [0, 0.05) is 12.1 Å². The van der Waals surface area contributed by atoms with E-state index in [1.165, 1.54) is 17.7 Å². The van der Waals surface area contributed by atoms with Gasteiger partial charge in [0.05, 0.1) is 20.8 Å². The van der Waals surface area contributed by atoms with Gasteiger partial charge in [-0.1, -0.05) is 41.7 Å². The molecule has 0 saturated heterocycles. The number of aryl methyl sites for hydroxylation is 1. The maximum atomic E-state index is 12.0. The van der Waals surface area contributed by atoms with Crippen molar-refractivity contribution in [3.05, 3.63) is 57.3 Å². The fourth-order valence-electron chi connectivity index (χ4n) is 1.80. The van der Waals surface area contributed by atoms with Crippen LogP contribution in [-0.4, -0.2) is 5.91 Å². The number of hydrogen-bond donors (Lipinski definition) is 1. The van der Waals surface area contributed by atoms with Crippen LogP contribution in [0.5, 0.6) is 0 Å². The largest absolute Gasteiger partial charge is 0.319 e. The Morgan fingerprint density at radius 1 is 1.10 bits per heavy atom. The van der Waals surface area contributed by atoms with Crippen molar-refractivity contribution in [3.8, 4) is 0 Å². The van der Waals surface area contributed by atoms with E-state index in [9.17, 15) is 4.79 Å². The van der Waals surface area contributed by atoms with Gasteiger partial charge in [0.25, 0.3) is 5.91 Å². The van der Waals surface area contributed by atoms with Crippen LogP contribution in [0.4, 0.5) is 5.69 Å². The fourth-order valence-corrected chi connectivity index (χ4v) is 2.40. The second-order valence-electron chi connectivity index (χ2n) is 4.53. The minimum absolute atomic E-state index is 0.190. The molecule has 0 atom stereocenters. The Kier molecular flexibility index (Phi) is 5.45. The van der Waals surface area contributed by atoms with Crippen LogP contribution < -0.4 is 9.88 Å². The van der Waals surface area contributed by atoms with Gasteiger partial charge in [0.1, 0.15) is 0 Å². The molecule has 0 aliphatic heterocycles. The number of carbonyl (C=O) groups is 1. The average Bonchev–Trinajstić information content (AvgIpc) is 2.45. The van der Waals surface area contributed by atoms with Crippen LogP contribution in [-0.2, 0) is 17.8 Å². The van der Waals surface area contributed by atoms with Crippen molar-refractivity contribution >= 4 is 46.4 Å². The molecule has 1 aromatic heterocycles. The summed E-state index contributed by atoms with van der Waals surface area (Å²) in [6, 6.07) is 7.01. The third-order valence-corrected chi connectivity index (χ3v) is 4.01. The number of halogens is 3. The molecule has 1 N–H and O–H groups in total. The molecule has 0 aliphatic rings. The summed E-state index contributed by atoms with van der Waals surface area (Å²) < 4.78 is 1.79. The first-order chi connectivity index (χ1) is 9.99. The van der Waals surface area contributed by atoms with Gasteiger partial charge in [0.2, 0.25) is 6.54 Å². The van der Waals surface area contributed by atoms with Gasteiger partial charge < -0.3 is 5.32 Å². The third-order valence-electron chi connectivity index (χ3n) is 2.98. The highest BCUT2D eigenvalue weighted by atomic mass is 35.5. The Morgan fingerprint density at radius 3 is 2.33 bits per heavy atom. The number of aromatic nitrogens is 1. The number of anilines is 1. The molecule has 0 fully saturated rings. The van der Waals surface area contributed by atoms with Gasteiger partial charge in [-0.05, 0) is 24.1 Å². The van der Waals surface area contributed by atoms with Gasteiger partial charge >= 0.3 is 0 Å². The summed E-state index contributed by atoms with van der Waals surface area (Å²) in [5.41, 5.74) is 1.67. The Morgan fingerprint density at radius 2 is 1.71 bits per heavy atom. The zero-order valence-electron chi connectivity index (χ0n) is 11.4. The van der Waals surface area contributed by atoms with Crippen molar-refractivity contribution in [1.29, 1.82) is 0 Å². The molecule has 2 aromatic rings. The second-order valence-corrected chi connectivity index (χ2v) is 5.75. The number of nitrogens with zero attached hydrogens (tertiary/aromatic N) is 1. The number of pyridine rings is 1. The summed E-state index contributed by atoms with van der Waals surface area (Å²) in [6.07, 6.45) is 4.70. The molecular formula is C15H14Cl3N2O+. The van der Waals surface area contributed by atoms with Crippen molar-refractivity contribution < 1.29 is 9.36 Å². The molecule has 0 aliphatic carbocycles. The van der Waals surface area contributed by atoms with Crippen LogP contribution in [0.15, 0.2) is 36.7 Å². The molecule has 21 heavy (non-hydrogen) atoms. The van der Waals surface area contributed by atoms with E-state index in [-0.39, 0.29) is 12.5 Å². The lowest BCUT2D eigenvalue weighted by Crippen LogP contribution is -2.39. The molecule has 0 saturated carbocycles. The van der Waals surface area contributed by atoms with Crippen LogP contribution >= 0.6 is 34.8 Å². The molecule has 0 radical (unpaired) electrons. The summed E-state index contributed by atoms with van der Waals surface area (Å²) in [6.45, 7) is 2.28. The van der Waals surface area contributed by atoms with Crippen molar-refractivity contribution in [2.24, 2.45) is 0 Å². The number of nitrogens with one attached hydrogen (secondary N) is 1. The molecule has 110 valence electrons. The Bertz CT molecular complexity index is 657. The highest BCUT2D eigenvalue weighted by Crippen LogP contribution is 2.32. The van der Waals surface area contributed by atoms with Gasteiger partial charge in [0.15, 0.2) is 12.4 Å². The molecular weight excluding hydrogens is 331 g/mol. The highest BCUT2D eigenvalue weighted by molar-refractivity contribution is 6.44. The van der Waals surface area contributed by atoms with Gasteiger partial charge in [-0.2, -0.15) is 4.57 Å². The van der Waals surface area contributed by atoms with Gasteiger partial charge in [-0.3, -0.25) is 4.79 Å². The summed E-state index contributed by atoms with van der Waals surface area (Å²) in [5, 5.41) is 3.77. The maximum absolute atomic E-state index is 12.0. The van der Waals surface area contributed by atoms with Crippen LogP contribution in [0, 0.1) is 0 Å². The van der Waals surface area contributed by atoms with Crippen molar-refractivity contribution in [3.63, 3.8) is 0 Å². The van der Waals surface area contributed by atoms with Crippen LogP contribution in [0.1, 0.15) is 12.5 Å². The molecule has 0 bridgehead atoms. The number of benzene rings is 1. The average molecular weight is 345 g/mol. The lowest BCUT2D eigenvalue weighted by Gasteiger charge is -2.07. The SMILES string of the molecule is CCc1cc[n+](CC(=O)Nc2cc(Cl)c(Cl)cc2Cl)cc1. The lowest BCUT2D eigenvalue weighted by molar-refractivity contribution is -0.684. The first-order valence-corrected chi connectivity index (χ1v) is 7.55. The summed E-state index contributed by atoms with van der Waals surface area (Å²) in [4.78, 5) is 12.0. The molecule has 2 rings (SSSR count). The number of hydrogen-bond acceptors (Lipinski definition) is 1. The van der Waals surface area contributed by atoms with E-state index in [1.54, 1.807) is 4.57 Å². The summed E-state index contributed by atoms with van der Waals surface area (Å²) >= 11 is 17.8. The van der Waals surface area contributed by atoms with Crippen molar-refractivity contribution in [2.75, 3.05) is 5.32 Å². The molecule has 0 unspecified atom stereocenters. The Labute approximate surface area is 138 Å². The number of carbonyl (C=O) groups excluding carboxylic acids is 1. The first kappa shape index (κ1) is 16.1. The number of amides is 1. The maximum Gasteiger partial charge on any atom is 0.290 e. The zero-order valence-corrected chi connectivity index (χ0v) is 13.6. The molecule has 1 amide bonds. The van der Waals surface area contributed by atoms with E-state index in [2.05, 4.69) is 12.2 Å². The normalized spacial score (nSPS) is 10.5. The fraction of sp³-hybridized carbons (Fsp3) is 0.200. The monoisotopic (exact) mass is 343 g/mol. The first-order valence-electron chi connectivity index (χ1n) is 6.42. The van der Waals surface area contributed by atoms with Crippen molar-refractivity contribution in [1.82, 2.24) is 0 Å². The predicted molar refractivity (Wildman–Crippen MR) is 86.1 cm³/mol. The lowest BCUT2D eigenvalue weighted by atomic mass is 10.2. The Hall–Kier alpha value is -1.29. The topological polar surface area (TPSA) is 33.0 Å². The minimum Gasteiger partial charge on any atom is -0.319 e. The molecule has 3 nitrogen and oxygen atoms in total. The van der Waals surface area contributed by atoms with E-state index in [4.69, 9.17) is 34.8 Å². The van der Waals surface area contributed by atoms with Gasteiger partial charge in [-0.15, -0.1) is 0 Å². The van der Waals surface area contributed by atoms with E-state index < -0.39 is 0 Å². The van der Waals surface area contributed by atoms with Crippen LogP contribution in [0.2, 0.25) is 15.1 Å². The molecule has 6 heteroatoms. The van der Waals surface area contributed by atoms with E-state index >= 15 is 0 Å². The van der Waals surface area contributed by atoms with Crippen molar-refractivity contribution in [2.45, 2.75) is 19.9 Å². The Balaban J connectivity index is 2.06. The summed E-state index contributed by atoms with van der Waals surface area (Å²) in [5.74, 6) is -0.190. The quantitative estimate of drug-likeness (QED) is 0.656. The predicted octanol–water partition coefficient (Wildman–Crippen LogP) is 4.14. The smallest absolute Gasteiger partial charge is 0.290 e.